The van der Waals surface area contributed by atoms with Crippen LogP contribution in [-0.4, -0.2) is 17.9 Å². The van der Waals surface area contributed by atoms with Gasteiger partial charge in [-0.15, -0.1) is 0 Å². The number of halogens is 4. The Kier molecular flexibility index (Phi) is 11.6. The smallest absolute Gasteiger partial charge is 0.342 e. The summed E-state index contributed by atoms with van der Waals surface area (Å²) >= 11 is 24.5. The first-order valence-corrected chi connectivity index (χ1v) is 15.2. The monoisotopic (exact) mass is 636 g/mol. The molecule has 1 aliphatic rings. The molecule has 0 fully saturated rings. The molecule has 1 atom stereocenters. The number of Topliss-reactive ketones (excluding diaryl/α,β-unsaturated/α-hetero) is 1. The van der Waals surface area contributed by atoms with Gasteiger partial charge in [0.25, 0.3) is 0 Å². The Hall–Kier alpha value is -2.44. The first-order valence-electron chi connectivity index (χ1n) is 13.7. The lowest BCUT2D eigenvalue weighted by molar-refractivity contribution is -0.119. The van der Waals surface area contributed by atoms with Gasteiger partial charge < -0.3 is 14.2 Å². The minimum Gasteiger partial charge on any atom is -0.489 e. The number of esters is 1. The van der Waals surface area contributed by atoms with E-state index in [0.717, 1.165) is 36.0 Å². The maximum absolute atomic E-state index is 13.6. The first kappa shape index (κ1) is 31.5. The van der Waals surface area contributed by atoms with E-state index in [9.17, 15) is 9.59 Å². The Morgan fingerprint density at radius 1 is 0.732 bits per heavy atom. The average Bonchev–Trinajstić information content (AvgIpc) is 2.93. The van der Waals surface area contributed by atoms with Gasteiger partial charge in [-0.2, -0.15) is 0 Å². The molecule has 0 aromatic heterocycles. The molecule has 0 N–H and O–H groups in total. The molecular weight excluding hydrogens is 606 g/mol. The molecule has 0 bridgehead atoms. The van der Waals surface area contributed by atoms with Crippen LogP contribution in [0.2, 0.25) is 20.1 Å². The van der Waals surface area contributed by atoms with E-state index >= 15 is 0 Å². The number of aryl methyl sites for hydroxylation is 1. The van der Waals surface area contributed by atoms with Gasteiger partial charge >= 0.3 is 5.97 Å². The fourth-order valence-corrected chi connectivity index (χ4v) is 5.33. The minimum atomic E-state index is -0.462. The third-order valence-corrected chi connectivity index (χ3v) is 8.38. The summed E-state index contributed by atoms with van der Waals surface area (Å²) in [7, 11) is 0. The molecule has 0 radical (unpaired) electrons. The van der Waals surface area contributed by atoms with E-state index in [0.29, 0.717) is 69.3 Å². The van der Waals surface area contributed by atoms with Crippen molar-refractivity contribution in [3.05, 3.63) is 90.9 Å². The topological polar surface area (TPSA) is 61.8 Å². The molecule has 1 unspecified atom stereocenters. The zero-order chi connectivity index (χ0) is 29.4. The molecule has 0 amide bonds. The fraction of sp³-hybridized carbons (Fsp3) is 0.375. The zero-order valence-corrected chi connectivity index (χ0v) is 25.8. The molecule has 218 valence electrons. The molecule has 0 saturated carbocycles. The molecule has 3 aromatic rings. The molecule has 41 heavy (non-hydrogen) atoms. The van der Waals surface area contributed by atoms with Crippen LogP contribution in [0.15, 0.2) is 48.5 Å². The predicted molar refractivity (Wildman–Crippen MR) is 164 cm³/mol. The number of carbonyl (C=O) groups is 2. The number of hydrogen-bond acceptors (Lipinski definition) is 5. The summed E-state index contributed by atoms with van der Waals surface area (Å²) in [6, 6.07) is 14.1. The molecule has 3 aromatic carbocycles. The quantitative estimate of drug-likeness (QED) is 0.252. The highest BCUT2D eigenvalue weighted by molar-refractivity contribution is 6.42. The van der Waals surface area contributed by atoms with Gasteiger partial charge in [0.1, 0.15) is 36.1 Å². The van der Waals surface area contributed by atoms with Gasteiger partial charge in [-0.25, -0.2) is 4.79 Å². The van der Waals surface area contributed by atoms with Crippen LogP contribution in [0.5, 0.6) is 11.5 Å². The van der Waals surface area contributed by atoms with Crippen LogP contribution in [0.4, 0.5) is 0 Å². The van der Waals surface area contributed by atoms with E-state index in [4.69, 9.17) is 60.6 Å². The van der Waals surface area contributed by atoms with Gasteiger partial charge in [0.05, 0.1) is 26.2 Å². The number of carbonyl (C=O) groups excluding carboxylic acids is 2. The maximum atomic E-state index is 13.6. The van der Waals surface area contributed by atoms with Gasteiger partial charge in [0.15, 0.2) is 0 Å². The number of fused-ring (bicyclic) bond motifs is 1. The summed E-state index contributed by atoms with van der Waals surface area (Å²) in [6.07, 6.45) is 5.11. The van der Waals surface area contributed by atoms with Crippen LogP contribution in [-0.2, 0) is 29.2 Å². The fourth-order valence-electron chi connectivity index (χ4n) is 4.68. The van der Waals surface area contributed by atoms with Gasteiger partial charge in [0, 0.05) is 18.9 Å². The molecule has 5 nitrogen and oxygen atoms in total. The van der Waals surface area contributed by atoms with Crippen molar-refractivity contribution < 1.29 is 23.8 Å². The van der Waals surface area contributed by atoms with Gasteiger partial charge in [-0.3, -0.25) is 4.79 Å². The Bertz CT molecular complexity index is 1390. The number of ketones is 1. The molecule has 0 saturated heterocycles. The summed E-state index contributed by atoms with van der Waals surface area (Å²) in [5.41, 5.74) is 2.78. The Labute approximate surface area is 261 Å². The van der Waals surface area contributed by atoms with E-state index < -0.39 is 5.97 Å². The van der Waals surface area contributed by atoms with Crippen LogP contribution >= 0.6 is 46.4 Å². The van der Waals surface area contributed by atoms with Crippen LogP contribution < -0.4 is 9.47 Å². The number of ether oxygens (including phenoxy) is 3. The van der Waals surface area contributed by atoms with E-state index in [-0.39, 0.29) is 25.1 Å². The lowest BCUT2D eigenvalue weighted by atomic mass is 9.98. The third kappa shape index (κ3) is 9.27. The predicted octanol–water partition coefficient (Wildman–Crippen LogP) is 9.86. The molecule has 4 rings (SSSR count). The zero-order valence-electron chi connectivity index (χ0n) is 22.8. The number of cyclic esters (lactones) is 1. The van der Waals surface area contributed by atoms with Crippen molar-refractivity contribution >= 4 is 58.2 Å². The highest BCUT2D eigenvalue weighted by atomic mass is 35.5. The molecule has 9 heteroatoms. The molecule has 1 heterocycles. The second-order valence-corrected chi connectivity index (χ2v) is 11.9. The van der Waals surface area contributed by atoms with Crippen LogP contribution in [0.25, 0.3) is 0 Å². The highest BCUT2D eigenvalue weighted by Crippen LogP contribution is 2.34. The van der Waals surface area contributed by atoms with Gasteiger partial charge in [-0.05, 0) is 86.1 Å². The van der Waals surface area contributed by atoms with Crippen molar-refractivity contribution in [1.29, 1.82) is 0 Å². The van der Waals surface area contributed by atoms with Crippen molar-refractivity contribution in [1.82, 2.24) is 0 Å². The standard InChI is InChI=1S/C32H32Cl4O5/c1-20-6-5-9-24(37)8-4-2-3-7-23-16-25(39-18-21-10-12-26(33)28(35)14-21)17-30(31(23)32(38)41-20)40-19-22-11-13-27(34)29(36)15-22/h10-17,20H,2-9,18-19H2,1H3. The molecule has 0 aliphatic carbocycles. The van der Waals surface area contributed by atoms with Crippen LogP contribution in [0.3, 0.4) is 0 Å². The Morgan fingerprint density at radius 3 is 2.00 bits per heavy atom. The number of benzene rings is 3. The summed E-state index contributed by atoms with van der Waals surface area (Å²) in [5, 5.41) is 1.77. The van der Waals surface area contributed by atoms with Crippen molar-refractivity contribution in [2.45, 2.75) is 77.6 Å². The summed E-state index contributed by atoms with van der Waals surface area (Å²) in [6.45, 7) is 2.24. The Balaban J connectivity index is 1.66. The minimum absolute atomic E-state index is 0.157. The van der Waals surface area contributed by atoms with Crippen LogP contribution in [0.1, 0.15) is 78.9 Å². The second kappa shape index (κ2) is 15.2. The SMILES string of the molecule is CC1CCCC(=O)CCCCCc2cc(OCc3ccc(Cl)c(Cl)c3)cc(OCc3ccc(Cl)c(Cl)c3)c2C(=O)O1. The van der Waals surface area contributed by atoms with Crippen molar-refractivity contribution in [3.63, 3.8) is 0 Å². The van der Waals surface area contributed by atoms with Crippen molar-refractivity contribution in [2.24, 2.45) is 0 Å². The summed E-state index contributed by atoms with van der Waals surface area (Å²) in [5.74, 6) is 0.696. The molecular formula is C32H32Cl4O5. The van der Waals surface area contributed by atoms with E-state index in [1.165, 1.54) is 0 Å². The first-order chi connectivity index (χ1) is 19.7. The van der Waals surface area contributed by atoms with E-state index in [1.807, 2.05) is 25.1 Å². The maximum Gasteiger partial charge on any atom is 0.342 e. The second-order valence-electron chi connectivity index (χ2n) is 10.2. The number of rotatable bonds is 6. The Morgan fingerprint density at radius 2 is 1.34 bits per heavy atom. The normalized spacial score (nSPS) is 16.9. The molecule has 1 aliphatic heterocycles. The summed E-state index contributed by atoms with van der Waals surface area (Å²) in [4.78, 5) is 25.8. The molecule has 0 spiro atoms. The lowest BCUT2D eigenvalue weighted by Gasteiger charge is -2.20. The third-order valence-electron chi connectivity index (χ3n) is 6.91. The van der Waals surface area contributed by atoms with E-state index in [2.05, 4.69) is 0 Å². The van der Waals surface area contributed by atoms with E-state index in [1.54, 1.807) is 30.3 Å². The van der Waals surface area contributed by atoms with Crippen molar-refractivity contribution in [3.8, 4) is 11.5 Å². The van der Waals surface area contributed by atoms with Crippen LogP contribution in [0, 0.1) is 0 Å². The van der Waals surface area contributed by atoms with Gasteiger partial charge in [0.2, 0.25) is 0 Å². The number of hydrogen-bond donors (Lipinski definition) is 0. The van der Waals surface area contributed by atoms with Gasteiger partial charge in [-0.1, -0.05) is 65.0 Å². The van der Waals surface area contributed by atoms with Crippen molar-refractivity contribution in [2.75, 3.05) is 0 Å². The lowest BCUT2D eigenvalue weighted by Crippen LogP contribution is -2.18. The summed E-state index contributed by atoms with van der Waals surface area (Å²) < 4.78 is 18.2. The average molecular weight is 638 g/mol. The highest BCUT2D eigenvalue weighted by Gasteiger charge is 2.24. The largest absolute Gasteiger partial charge is 0.489 e.